The van der Waals surface area contributed by atoms with Crippen molar-refractivity contribution in [2.24, 2.45) is 22.7 Å². The number of methoxy groups -OCH3 is 1. The summed E-state index contributed by atoms with van der Waals surface area (Å²) >= 11 is 0. The summed E-state index contributed by atoms with van der Waals surface area (Å²) in [6, 6.07) is 12.9. The SMILES string of the molecule is C=C(/C=C/CC(C)C)N1CC[C@@]2(CCN([C@H](C(=O)N[C@H]3Cc4cc(O)cc(c4)-c4ccc5c(c4)c(c(-c4cccnc4[C@H](C)OC)n5CC)CC(C)(C)COC(=O)[C@@H]4CCCN(N4)C3=O)C(C)C)C2=O)C1. The van der Waals surface area contributed by atoms with E-state index in [9.17, 15) is 24.3 Å². The van der Waals surface area contributed by atoms with E-state index in [0.717, 1.165) is 56.7 Å². The average molecular weight is 970 g/mol. The summed E-state index contributed by atoms with van der Waals surface area (Å²) in [5.41, 5.74) is 10.0. The number of hydrogen-bond acceptors (Lipinski definition) is 10. The third kappa shape index (κ3) is 10.7. The Morgan fingerprint density at radius 2 is 1.82 bits per heavy atom. The number of phenolic OH excluding ortho intramolecular Hbond substituents is 1. The minimum absolute atomic E-state index is 0.0156. The summed E-state index contributed by atoms with van der Waals surface area (Å²) in [7, 11) is 1.68. The van der Waals surface area contributed by atoms with Crippen LogP contribution in [0.25, 0.3) is 33.3 Å². The number of esters is 1. The standard InChI is InChI=1S/C57H75N7O7/c1-11-62-48-20-19-40-31-44(48)45(51(62)43-17-13-23-58-49(43)38(7)70-10)32-56(8,9)34-71-54(68)46-18-14-24-64(60-46)53(67)47(29-39-27-41(40)30-42(65)28-39)59-52(66)50(36(4)5)63-26-22-57(55(63)69)21-25-61(33-57)37(6)16-12-15-35(2)3/h12-13,16-17,19-20,23,27-28,30-31,35-36,38,46-47,50,60,65H,6,11,14-15,18,21-22,24-26,29,32-34H2,1-5,7-10H3,(H,59,66)/b16-12+/t38-,46-,47-,50-,57+/m0/s1. The molecule has 2 aromatic heterocycles. The van der Waals surface area contributed by atoms with Crippen molar-refractivity contribution in [3.05, 3.63) is 96.0 Å². The minimum Gasteiger partial charge on any atom is -0.508 e. The number of carbonyl (C=O) groups excluding carboxylic acids is 4. The summed E-state index contributed by atoms with van der Waals surface area (Å²) < 4.78 is 14.3. The molecule has 14 nitrogen and oxygen atoms in total. The molecule has 3 fully saturated rings. The van der Waals surface area contributed by atoms with Gasteiger partial charge >= 0.3 is 5.97 Å². The van der Waals surface area contributed by atoms with Crippen LogP contribution < -0.4 is 10.7 Å². The number of ether oxygens (including phenoxy) is 2. The minimum atomic E-state index is -1.12. The number of aromatic hydroxyl groups is 1. The monoisotopic (exact) mass is 970 g/mol. The fourth-order valence-electron chi connectivity index (χ4n) is 11.3. The van der Waals surface area contributed by atoms with Crippen LogP contribution in [0.15, 0.2) is 79.2 Å². The van der Waals surface area contributed by atoms with Gasteiger partial charge in [-0.15, -0.1) is 0 Å². The van der Waals surface area contributed by atoms with Crippen molar-refractivity contribution in [2.75, 3.05) is 39.9 Å². The van der Waals surface area contributed by atoms with Crippen LogP contribution in [0.2, 0.25) is 0 Å². The molecule has 3 N–H and O–H groups in total. The van der Waals surface area contributed by atoms with E-state index < -0.39 is 46.7 Å². The number of fused-ring (bicyclic) bond motifs is 6. The quantitative estimate of drug-likeness (QED) is 0.0929. The van der Waals surface area contributed by atoms with Crippen LogP contribution in [0.5, 0.6) is 5.75 Å². The molecule has 6 bridgehead atoms. The maximum atomic E-state index is 14.9. The van der Waals surface area contributed by atoms with Crippen molar-refractivity contribution in [2.45, 2.75) is 131 Å². The van der Waals surface area contributed by atoms with Gasteiger partial charge in [-0.1, -0.05) is 66.3 Å². The third-order valence-electron chi connectivity index (χ3n) is 15.1. The number of nitrogens with one attached hydrogen (secondary N) is 2. The van der Waals surface area contributed by atoms with Crippen molar-refractivity contribution < 1.29 is 33.8 Å². The van der Waals surface area contributed by atoms with Crippen LogP contribution in [-0.4, -0.2) is 111 Å². The van der Waals surface area contributed by atoms with E-state index in [0.29, 0.717) is 76.3 Å². The van der Waals surface area contributed by atoms with Crippen LogP contribution >= 0.6 is 0 Å². The highest BCUT2D eigenvalue weighted by atomic mass is 16.5. The molecule has 0 unspecified atom stereocenters. The average Bonchev–Trinajstić information content (AvgIpc) is 4.01. The van der Waals surface area contributed by atoms with Crippen LogP contribution in [0.1, 0.15) is 110 Å². The first-order valence-electron chi connectivity index (χ1n) is 25.8. The van der Waals surface area contributed by atoms with Crippen LogP contribution in [0.4, 0.5) is 0 Å². The molecule has 0 aliphatic carbocycles. The summed E-state index contributed by atoms with van der Waals surface area (Å²) in [6.45, 7) is 23.6. The number of aryl methyl sites for hydroxylation is 1. The first-order chi connectivity index (χ1) is 33.8. The fourth-order valence-corrected chi connectivity index (χ4v) is 11.3. The molecule has 3 saturated heterocycles. The Labute approximate surface area is 419 Å². The van der Waals surface area contributed by atoms with E-state index in [4.69, 9.17) is 14.5 Å². The Morgan fingerprint density at radius 3 is 2.55 bits per heavy atom. The van der Waals surface area contributed by atoms with E-state index >= 15 is 0 Å². The number of pyridine rings is 1. The van der Waals surface area contributed by atoms with E-state index in [-0.39, 0.29) is 36.7 Å². The molecular formula is C57H75N7O7. The van der Waals surface area contributed by atoms with Gasteiger partial charge in [0.25, 0.3) is 5.91 Å². The number of benzene rings is 2. The van der Waals surface area contributed by atoms with Gasteiger partial charge in [0.15, 0.2) is 0 Å². The number of carbonyl (C=O) groups is 4. The number of phenols is 1. The second-order valence-corrected chi connectivity index (χ2v) is 21.9. The highest BCUT2D eigenvalue weighted by Gasteiger charge is 2.54. The Bertz CT molecular complexity index is 2700. The van der Waals surface area contributed by atoms with Crippen molar-refractivity contribution >= 4 is 34.6 Å². The molecule has 14 heteroatoms. The first kappa shape index (κ1) is 51.4. The molecule has 4 aliphatic heterocycles. The van der Waals surface area contributed by atoms with Gasteiger partial charge in [0, 0.05) is 80.0 Å². The van der Waals surface area contributed by atoms with Crippen molar-refractivity contribution in [3.8, 4) is 28.1 Å². The lowest BCUT2D eigenvalue weighted by molar-refractivity contribution is -0.155. The molecule has 2 aromatic carbocycles. The molecule has 8 rings (SSSR count). The Kier molecular flexibility index (Phi) is 15.2. The van der Waals surface area contributed by atoms with Gasteiger partial charge in [-0.2, -0.15) is 0 Å². The molecule has 1 spiro atoms. The normalized spacial score (nSPS) is 22.7. The number of amides is 3. The molecule has 4 aliphatic rings. The van der Waals surface area contributed by atoms with E-state index in [1.54, 1.807) is 30.3 Å². The van der Waals surface area contributed by atoms with Crippen LogP contribution in [0, 0.1) is 22.7 Å². The number of hydrogen-bond donors (Lipinski definition) is 3. The number of rotatable bonds is 12. The van der Waals surface area contributed by atoms with E-state index in [2.05, 4.69) is 85.7 Å². The second-order valence-electron chi connectivity index (χ2n) is 21.9. The number of cyclic esters (lactones) is 1. The lowest BCUT2D eigenvalue weighted by Gasteiger charge is -2.37. The largest absolute Gasteiger partial charge is 0.508 e. The Morgan fingerprint density at radius 1 is 1.04 bits per heavy atom. The predicted octanol–water partition coefficient (Wildman–Crippen LogP) is 8.52. The second kappa shape index (κ2) is 21.0. The van der Waals surface area contributed by atoms with Crippen LogP contribution in [-0.2, 0) is 48.0 Å². The summed E-state index contributed by atoms with van der Waals surface area (Å²) in [5.74, 6) is -1.08. The van der Waals surface area contributed by atoms with Crippen molar-refractivity contribution in [1.82, 2.24) is 35.1 Å². The number of aromatic nitrogens is 2. The van der Waals surface area contributed by atoms with Gasteiger partial charge in [-0.3, -0.25) is 29.2 Å². The molecule has 5 atom stereocenters. The number of allylic oxidation sites excluding steroid dienone is 2. The van der Waals surface area contributed by atoms with Crippen LogP contribution in [0.3, 0.4) is 0 Å². The van der Waals surface area contributed by atoms with Gasteiger partial charge in [-0.05, 0) is 129 Å². The zero-order valence-corrected chi connectivity index (χ0v) is 43.3. The summed E-state index contributed by atoms with van der Waals surface area (Å²) in [6.07, 6.45) is 9.51. The summed E-state index contributed by atoms with van der Waals surface area (Å²) in [5, 5.41) is 17.0. The maximum Gasteiger partial charge on any atom is 0.324 e. The maximum absolute atomic E-state index is 14.9. The highest BCUT2D eigenvalue weighted by molar-refractivity contribution is 5.96. The van der Waals surface area contributed by atoms with Gasteiger partial charge in [-0.25, -0.2) is 5.43 Å². The first-order valence-corrected chi connectivity index (χ1v) is 25.8. The fraction of sp³-hybridized carbons (Fsp3) is 0.526. The molecule has 3 amide bonds. The smallest absolute Gasteiger partial charge is 0.324 e. The topological polar surface area (TPSA) is 159 Å². The molecule has 71 heavy (non-hydrogen) atoms. The predicted molar refractivity (Wildman–Crippen MR) is 277 cm³/mol. The molecular weight excluding hydrogens is 895 g/mol. The van der Waals surface area contributed by atoms with E-state index in [1.165, 1.54) is 5.01 Å². The van der Waals surface area contributed by atoms with Gasteiger partial charge < -0.3 is 34.3 Å². The highest BCUT2D eigenvalue weighted by Crippen LogP contribution is 2.44. The van der Waals surface area contributed by atoms with Gasteiger partial charge in [0.2, 0.25) is 11.8 Å². The number of hydrazine groups is 1. The zero-order chi connectivity index (χ0) is 50.9. The Balaban J connectivity index is 1.16. The molecule has 4 aromatic rings. The molecule has 6 heterocycles. The van der Waals surface area contributed by atoms with Gasteiger partial charge in [0.1, 0.15) is 23.9 Å². The third-order valence-corrected chi connectivity index (χ3v) is 15.1. The van der Waals surface area contributed by atoms with E-state index in [1.807, 2.05) is 45.0 Å². The van der Waals surface area contributed by atoms with Gasteiger partial charge in [0.05, 0.1) is 29.5 Å². The van der Waals surface area contributed by atoms with Crippen molar-refractivity contribution in [3.63, 3.8) is 0 Å². The number of likely N-dealkylation sites (tertiary alicyclic amines) is 2. The molecule has 0 radical (unpaired) electrons. The zero-order valence-electron chi connectivity index (χ0n) is 43.3. The summed E-state index contributed by atoms with van der Waals surface area (Å²) in [4.78, 5) is 67.1. The lowest BCUT2D eigenvalue weighted by atomic mass is 9.84. The number of nitrogens with zero attached hydrogens (tertiary/aromatic N) is 5. The lowest BCUT2D eigenvalue weighted by Crippen LogP contribution is -2.62. The molecule has 0 saturated carbocycles. The Hall–Kier alpha value is -5.99. The van der Waals surface area contributed by atoms with Crippen molar-refractivity contribution in [1.29, 1.82) is 0 Å². The molecule has 380 valence electrons.